The van der Waals surface area contributed by atoms with Crippen molar-refractivity contribution < 1.29 is 28.5 Å². The molecule has 4 atom stereocenters. The zero-order valence-electron chi connectivity index (χ0n) is 30.0. The van der Waals surface area contributed by atoms with Crippen molar-refractivity contribution in [2.75, 3.05) is 33.2 Å². The van der Waals surface area contributed by atoms with Gasteiger partial charge in [-0.1, -0.05) is 75.4 Å². The summed E-state index contributed by atoms with van der Waals surface area (Å²) < 4.78 is 33.7. The van der Waals surface area contributed by atoms with E-state index in [-0.39, 0.29) is 11.6 Å². The molecule has 1 saturated heterocycles. The molecular weight excluding hydrogens is 651 g/mol. The number of anilines is 1. The zero-order chi connectivity index (χ0) is 35.7. The van der Waals surface area contributed by atoms with E-state index in [9.17, 15) is 5.11 Å². The molecule has 6 rings (SSSR count). The Hall–Kier alpha value is -4.33. The Bertz CT molecular complexity index is 1830. The Morgan fingerprint density at radius 3 is 1.96 bits per heavy atom. The molecule has 0 radical (unpaired) electrons. The Kier molecular flexibility index (Phi) is 10.0. The van der Waals surface area contributed by atoms with Crippen molar-refractivity contribution in [3.8, 4) is 11.5 Å². The van der Waals surface area contributed by atoms with Gasteiger partial charge in [0.15, 0.2) is 26.0 Å². The summed E-state index contributed by atoms with van der Waals surface area (Å²) in [6.07, 6.45) is -0.0885. The summed E-state index contributed by atoms with van der Waals surface area (Å²) in [6, 6.07) is 25.8. The minimum Gasteiger partial charge on any atom is -0.497 e. The maximum Gasteiger partial charge on any atom is 0.192 e. The number of imidazole rings is 1. The number of nitrogens with zero attached hydrogens (tertiary/aromatic N) is 4. The molecule has 5 aromatic rings. The quantitative estimate of drug-likeness (QED) is 0.110. The van der Waals surface area contributed by atoms with Crippen LogP contribution in [0, 0.1) is 0 Å². The predicted molar refractivity (Wildman–Crippen MR) is 195 cm³/mol. The maximum absolute atomic E-state index is 12.1. The summed E-state index contributed by atoms with van der Waals surface area (Å²) >= 11 is 0. The normalized spacial score (nSPS) is 19.9. The molecule has 3 heterocycles. The zero-order valence-corrected chi connectivity index (χ0v) is 31.0. The van der Waals surface area contributed by atoms with Gasteiger partial charge in [0.25, 0.3) is 0 Å². The molecule has 0 saturated carbocycles. The summed E-state index contributed by atoms with van der Waals surface area (Å²) in [6.45, 7) is 10.9. The minimum atomic E-state index is -2.40. The fraction of sp³-hybridized carbons (Fsp3) is 0.395. The van der Waals surface area contributed by atoms with Crippen molar-refractivity contribution in [3.05, 3.63) is 108 Å². The summed E-state index contributed by atoms with van der Waals surface area (Å²) in [5.74, 6) is 2.05. The number of hydrogen-bond donors (Lipinski definition) is 2. The molecule has 264 valence electrons. The lowest BCUT2D eigenvalue weighted by Crippen LogP contribution is -2.49. The second-order valence-corrected chi connectivity index (χ2v) is 18.8. The first-order chi connectivity index (χ1) is 23.9. The Morgan fingerprint density at radius 1 is 0.840 bits per heavy atom. The third kappa shape index (κ3) is 6.49. The first kappa shape index (κ1) is 35.5. The second kappa shape index (κ2) is 14.1. The first-order valence-electron chi connectivity index (χ1n) is 16.8. The van der Waals surface area contributed by atoms with E-state index in [1.54, 1.807) is 27.6 Å². The molecule has 1 unspecified atom stereocenters. The fourth-order valence-electron chi connectivity index (χ4n) is 6.23. The van der Waals surface area contributed by atoms with Crippen LogP contribution in [0.2, 0.25) is 18.1 Å². The van der Waals surface area contributed by atoms with E-state index in [4.69, 9.17) is 23.4 Å². The molecule has 2 aromatic heterocycles. The van der Waals surface area contributed by atoms with Crippen molar-refractivity contribution in [1.82, 2.24) is 19.5 Å². The highest BCUT2D eigenvalue weighted by molar-refractivity contribution is 6.74. The molecule has 2 N–H and O–H groups in total. The van der Waals surface area contributed by atoms with E-state index in [1.165, 1.54) is 6.33 Å². The molecule has 1 fully saturated rings. The molecule has 0 aliphatic carbocycles. The van der Waals surface area contributed by atoms with Crippen LogP contribution in [-0.2, 0) is 19.5 Å². The SMILES string of the molecule is CNc1ncnc2c1ncn2[C@@H]1O[C@H](COC(c2ccccc2)(c2ccc(OC)cc2)c2ccc(OC)cc2)C(O)[C@@H]1O[Si](C)(C)C(C)(C)C. The third-order valence-corrected chi connectivity index (χ3v) is 14.5. The lowest BCUT2D eigenvalue weighted by molar-refractivity contribution is -0.0940. The fourth-order valence-corrected chi connectivity index (χ4v) is 7.52. The van der Waals surface area contributed by atoms with Gasteiger partial charge in [-0.15, -0.1) is 0 Å². The second-order valence-electron chi connectivity index (χ2n) is 14.0. The summed E-state index contributed by atoms with van der Waals surface area (Å²) in [4.78, 5) is 13.5. The standard InChI is InChI=1S/C38H47N5O6Si/c1-37(2,3)50(7,8)49-33-32(44)30(48-36(33)43-24-42-31-34(39-4)40-23-41-35(31)43)22-47-38(25-12-10-9-11-13-25,26-14-18-28(45-5)19-15-26)27-16-20-29(46-6)21-17-27/h9-21,23-24,30,32-33,36,44H,22H2,1-8H3,(H,39,40,41)/t30-,32?,33+,36-/m1/s1. The van der Waals surface area contributed by atoms with Gasteiger partial charge in [0, 0.05) is 7.05 Å². The average Bonchev–Trinajstić information content (AvgIpc) is 3.69. The van der Waals surface area contributed by atoms with Crippen LogP contribution in [0.15, 0.2) is 91.5 Å². The van der Waals surface area contributed by atoms with Gasteiger partial charge in [0.2, 0.25) is 0 Å². The van der Waals surface area contributed by atoms with Gasteiger partial charge in [-0.05, 0) is 59.1 Å². The number of nitrogens with one attached hydrogen (secondary N) is 1. The van der Waals surface area contributed by atoms with Crippen LogP contribution < -0.4 is 14.8 Å². The highest BCUT2D eigenvalue weighted by Gasteiger charge is 2.52. The van der Waals surface area contributed by atoms with Gasteiger partial charge in [-0.2, -0.15) is 0 Å². The van der Waals surface area contributed by atoms with Gasteiger partial charge in [-0.3, -0.25) is 4.57 Å². The van der Waals surface area contributed by atoms with E-state index >= 15 is 0 Å². The number of hydrogen-bond acceptors (Lipinski definition) is 10. The van der Waals surface area contributed by atoms with E-state index in [1.807, 2.05) is 83.4 Å². The number of aliphatic hydroxyl groups excluding tert-OH is 1. The highest BCUT2D eigenvalue weighted by Crippen LogP contribution is 2.45. The lowest BCUT2D eigenvalue weighted by atomic mass is 9.80. The summed E-state index contributed by atoms with van der Waals surface area (Å²) in [5.41, 5.74) is 2.75. The van der Waals surface area contributed by atoms with Crippen molar-refractivity contribution >= 4 is 25.3 Å². The number of methoxy groups -OCH3 is 2. The van der Waals surface area contributed by atoms with Crippen LogP contribution in [0.3, 0.4) is 0 Å². The highest BCUT2D eigenvalue weighted by atomic mass is 28.4. The van der Waals surface area contributed by atoms with Crippen LogP contribution in [0.5, 0.6) is 11.5 Å². The summed E-state index contributed by atoms with van der Waals surface area (Å²) in [5, 5.41) is 15.1. The number of aromatic nitrogens is 4. The van der Waals surface area contributed by atoms with Crippen molar-refractivity contribution in [1.29, 1.82) is 0 Å². The molecule has 0 spiro atoms. The molecule has 50 heavy (non-hydrogen) atoms. The van der Waals surface area contributed by atoms with Crippen LogP contribution in [0.25, 0.3) is 11.2 Å². The minimum absolute atomic E-state index is 0.0331. The van der Waals surface area contributed by atoms with Crippen LogP contribution in [-0.4, -0.2) is 79.1 Å². The molecule has 11 nitrogen and oxygen atoms in total. The number of benzene rings is 3. The molecule has 1 aliphatic heterocycles. The van der Waals surface area contributed by atoms with Crippen molar-refractivity contribution in [3.63, 3.8) is 0 Å². The van der Waals surface area contributed by atoms with Crippen molar-refractivity contribution in [2.24, 2.45) is 0 Å². The molecular formula is C38H47N5O6Si. The van der Waals surface area contributed by atoms with Crippen molar-refractivity contribution in [2.45, 2.75) is 69.0 Å². The monoisotopic (exact) mass is 697 g/mol. The van der Waals surface area contributed by atoms with E-state index in [0.717, 1.165) is 28.2 Å². The molecule has 0 bridgehead atoms. The van der Waals surface area contributed by atoms with Gasteiger partial charge in [-0.25, -0.2) is 15.0 Å². The Morgan fingerprint density at radius 2 is 1.42 bits per heavy atom. The number of aliphatic hydroxyl groups is 1. The first-order valence-corrected chi connectivity index (χ1v) is 19.7. The summed E-state index contributed by atoms with van der Waals surface area (Å²) in [7, 11) is 2.68. The van der Waals surface area contributed by atoms with E-state index in [2.05, 4.69) is 54.1 Å². The number of ether oxygens (including phenoxy) is 4. The largest absolute Gasteiger partial charge is 0.497 e. The van der Waals surface area contributed by atoms with Gasteiger partial charge < -0.3 is 33.8 Å². The Labute approximate surface area is 294 Å². The number of fused-ring (bicyclic) bond motifs is 1. The van der Waals surface area contributed by atoms with Crippen LogP contribution in [0.1, 0.15) is 43.7 Å². The van der Waals surface area contributed by atoms with Crippen LogP contribution >= 0.6 is 0 Å². The lowest BCUT2D eigenvalue weighted by Gasteiger charge is -2.40. The van der Waals surface area contributed by atoms with Crippen LogP contribution in [0.4, 0.5) is 5.82 Å². The molecule has 0 amide bonds. The third-order valence-electron chi connectivity index (χ3n) is 10.1. The average molecular weight is 698 g/mol. The molecule has 1 aliphatic rings. The maximum atomic E-state index is 12.1. The number of rotatable bonds is 12. The van der Waals surface area contributed by atoms with Gasteiger partial charge >= 0.3 is 0 Å². The van der Waals surface area contributed by atoms with Gasteiger partial charge in [0.05, 0.1) is 27.2 Å². The Balaban J connectivity index is 1.43. The smallest absolute Gasteiger partial charge is 0.192 e. The molecule has 3 aromatic carbocycles. The van der Waals surface area contributed by atoms with Gasteiger partial charge in [0.1, 0.15) is 47.3 Å². The topological polar surface area (TPSA) is 122 Å². The predicted octanol–water partition coefficient (Wildman–Crippen LogP) is 6.54. The van der Waals surface area contributed by atoms with E-state index < -0.39 is 38.5 Å². The van der Waals surface area contributed by atoms with E-state index in [0.29, 0.717) is 17.0 Å². The molecule has 12 heteroatoms.